The lowest BCUT2D eigenvalue weighted by Crippen LogP contribution is -2.00. The van der Waals surface area contributed by atoms with Gasteiger partial charge in [0.1, 0.15) is 5.75 Å². The number of hydrogen-bond acceptors (Lipinski definition) is 1. The highest BCUT2D eigenvalue weighted by Crippen LogP contribution is 2.29. The molecule has 1 aromatic carbocycles. The second kappa shape index (κ2) is 4.50. The lowest BCUT2D eigenvalue weighted by Gasteiger charge is -2.15. The number of benzene rings is 1. The minimum Gasteiger partial charge on any atom is -0.494 e. The maximum atomic E-state index is 5.63. The van der Waals surface area contributed by atoms with Crippen LogP contribution in [-0.4, -0.2) is 6.61 Å². The summed E-state index contributed by atoms with van der Waals surface area (Å²) in [5.41, 5.74) is 3.96. The second-order valence-corrected chi connectivity index (χ2v) is 4.06. The molecule has 0 saturated carbocycles. The zero-order chi connectivity index (χ0) is 10.7. The smallest absolute Gasteiger partial charge is 0.123 e. The lowest BCUT2D eigenvalue weighted by atomic mass is 9.97. The predicted octanol–water partition coefficient (Wildman–Crippen LogP) is 3.83. The first-order valence-corrected chi connectivity index (χ1v) is 5.30. The third-order valence-corrected chi connectivity index (χ3v) is 2.55. The maximum absolute atomic E-state index is 5.63. The van der Waals surface area contributed by atoms with E-state index in [0.29, 0.717) is 5.92 Å². The van der Waals surface area contributed by atoms with Crippen LogP contribution in [0.25, 0.3) is 0 Å². The van der Waals surface area contributed by atoms with Crippen molar-refractivity contribution in [2.75, 3.05) is 6.61 Å². The molecule has 0 bridgehead atoms. The molecular formula is C13H20O. The molecule has 78 valence electrons. The van der Waals surface area contributed by atoms with Crippen LogP contribution < -0.4 is 4.74 Å². The quantitative estimate of drug-likeness (QED) is 0.707. The largest absolute Gasteiger partial charge is 0.494 e. The van der Waals surface area contributed by atoms with Gasteiger partial charge in [0.2, 0.25) is 0 Å². The summed E-state index contributed by atoms with van der Waals surface area (Å²) in [7, 11) is 0. The molecule has 0 amide bonds. The van der Waals surface area contributed by atoms with Gasteiger partial charge >= 0.3 is 0 Å². The lowest BCUT2D eigenvalue weighted by molar-refractivity contribution is 0.335. The maximum Gasteiger partial charge on any atom is 0.123 e. The van der Waals surface area contributed by atoms with E-state index in [4.69, 9.17) is 4.74 Å². The second-order valence-electron chi connectivity index (χ2n) is 4.06. The molecule has 0 unspecified atom stereocenters. The summed E-state index contributed by atoms with van der Waals surface area (Å²) >= 11 is 0. The van der Waals surface area contributed by atoms with Gasteiger partial charge in [-0.1, -0.05) is 19.9 Å². The monoisotopic (exact) mass is 192 g/mol. The summed E-state index contributed by atoms with van der Waals surface area (Å²) in [6.45, 7) is 11.4. The van der Waals surface area contributed by atoms with Crippen molar-refractivity contribution in [3.63, 3.8) is 0 Å². The summed E-state index contributed by atoms with van der Waals surface area (Å²) < 4.78 is 5.63. The fraction of sp³-hybridized carbons (Fsp3) is 0.538. The molecule has 0 atom stereocenters. The topological polar surface area (TPSA) is 9.23 Å². The molecule has 0 spiro atoms. The highest BCUT2D eigenvalue weighted by molar-refractivity contribution is 5.43. The zero-order valence-corrected chi connectivity index (χ0v) is 9.85. The van der Waals surface area contributed by atoms with E-state index >= 15 is 0 Å². The van der Waals surface area contributed by atoms with Crippen molar-refractivity contribution >= 4 is 0 Å². The van der Waals surface area contributed by atoms with Crippen molar-refractivity contribution < 1.29 is 4.74 Å². The van der Waals surface area contributed by atoms with Crippen molar-refractivity contribution in [3.8, 4) is 5.75 Å². The normalized spacial score (nSPS) is 10.7. The van der Waals surface area contributed by atoms with Crippen LogP contribution in [0.4, 0.5) is 0 Å². The minimum atomic E-state index is 0.524. The molecule has 1 aromatic rings. The molecule has 0 saturated heterocycles. The Morgan fingerprint density at radius 3 is 2.21 bits per heavy atom. The Morgan fingerprint density at radius 2 is 1.71 bits per heavy atom. The van der Waals surface area contributed by atoms with E-state index in [-0.39, 0.29) is 0 Å². The van der Waals surface area contributed by atoms with Gasteiger partial charge in [-0.3, -0.25) is 0 Å². The van der Waals surface area contributed by atoms with E-state index in [0.717, 1.165) is 12.4 Å². The molecule has 0 aliphatic heterocycles. The summed E-state index contributed by atoms with van der Waals surface area (Å²) in [6.07, 6.45) is 0. The third kappa shape index (κ3) is 2.28. The first kappa shape index (κ1) is 11.1. The highest BCUT2D eigenvalue weighted by Gasteiger charge is 2.09. The van der Waals surface area contributed by atoms with Gasteiger partial charge in [0, 0.05) is 0 Å². The van der Waals surface area contributed by atoms with Gasteiger partial charge in [-0.05, 0) is 49.4 Å². The fourth-order valence-electron chi connectivity index (χ4n) is 1.54. The van der Waals surface area contributed by atoms with Gasteiger partial charge in [0.25, 0.3) is 0 Å². The molecule has 0 fully saturated rings. The summed E-state index contributed by atoms with van der Waals surface area (Å²) in [5, 5.41) is 0. The average molecular weight is 192 g/mol. The van der Waals surface area contributed by atoms with E-state index in [2.05, 4.69) is 39.8 Å². The van der Waals surface area contributed by atoms with E-state index in [1.807, 2.05) is 6.92 Å². The van der Waals surface area contributed by atoms with E-state index in [1.165, 1.54) is 16.7 Å². The first-order valence-electron chi connectivity index (χ1n) is 5.30. The summed E-state index contributed by atoms with van der Waals surface area (Å²) in [5.74, 6) is 1.57. The Labute approximate surface area is 87.1 Å². The molecular weight excluding hydrogens is 172 g/mol. The third-order valence-electron chi connectivity index (χ3n) is 2.55. The van der Waals surface area contributed by atoms with Crippen molar-refractivity contribution in [1.82, 2.24) is 0 Å². The van der Waals surface area contributed by atoms with Crippen LogP contribution in [-0.2, 0) is 0 Å². The van der Waals surface area contributed by atoms with Crippen LogP contribution in [0.15, 0.2) is 12.1 Å². The average Bonchev–Trinajstić information content (AvgIpc) is 2.11. The van der Waals surface area contributed by atoms with Crippen molar-refractivity contribution in [3.05, 3.63) is 28.8 Å². The predicted molar refractivity (Wildman–Crippen MR) is 61.2 cm³/mol. The number of ether oxygens (including phenoxy) is 1. The van der Waals surface area contributed by atoms with Gasteiger partial charge in [-0.15, -0.1) is 0 Å². The van der Waals surface area contributed by atoms with Crippen molar-refractivity contribution in [1.29, 1.82) is 0 Å². The Kier molecular flexibility index (Phi) is 3.56. The van der Waals surface area contributed by atoms with E-state index in [9.17, 15) is 0 Å². The van der Waals surface area contributed by atoms with Gasteiger partial charge < -0.3 is 4.74 Å². The zero-order valence-electron chi connectivity index (χ0n) is 9.85. The van der Waals surface area contributed by atoms with Gasteiger partial charge in [0.05, 0.1) is 6.61 Å². The van der Waals surface area contributed by atoms with Crippen molar-refractivity contribution in [2.45, 2.75) is 40.5 Å². The van der Waals surface area contributed by atoms with Crippen LogP contribution in [0.5, 0.6) is 5.75 Å². The Bertz CT molecular complexity index is 313. The fourth-order valence-corrected chi connectivity index (χ4v) is 1.54. The molecule has 0 aliphatic carbocycles. The molecule has 0 N–H and O–H groups in total. The van der Waals surface area contributed by atoms with Crippen LogP contribution in [0.3, 0.4) is 0 Å². The number of aryl methyl sites for hydroxylation is 2. The molecule has 0 radical (unpaired) electrons. The molecule has 0 aliphatic rings. The minimum absolute atomic E-state index is 0.524. The van der Waals surface area contributed by atoms with Crippen molar-refractivity contribution in [2.24, 2.45) is 0 Å². The van der Waals surface area contributed by atoms with E-state index < -0.39 is 0 Å². The SMILES string of the molecule is CCOc1cc(C)c(C)cc1C(C)C. The number of rotatable bonds is 3. The molecule has 1 heteroatoms. The van der Waals surface area contributed by atoms with Crippen LogP contribution in [0, 0.1) is 13.8 Å². The highest BCUT2D eigenvalue weighted by atomic mass is 16.5. The van der Waals surface area contributed by atoms with Crippen LogP contribution in [0.2, 0.25) is 0 Å². The van der Waals surface area contributed by atoms with Gasteiger partial charge in [-0.25, -0.2) is 0 Å². The summed E-state index contributed by atoms with van der Waals surface area (Å²) in [4.78, 5) is 0. The molecule has 1 rings (SSSR count). The Balaban J connectivity index is 3.17. The standard InChI is InChI=1S/C13H20O/c1-6-14-13-8-11(5)10(4)7-12(13)9(2)3/h7-9H,6H2,1-5H3. The molecule has 14 heavy (non-hydrogen) atoms. The van der Waals surface area contributed by atoms with E-state index in [1.54, 1.807) is 0 Å². The summed E-state index contributed by atoms with van der Waals surface area (Å²) in [6, 6.07) is 4.39. The Hall–Kier alpha value is -0.980. The first-order chi connectivity index (χ1) is 6.56. The Morgan fingerprint density at radius 1 is 1.14 bits per heavy atom. The van der Waals surface area contributed by atoms with Gasteiger partial charge in [0.15, 0.2) is 0 Å². The number of hydrogen-bond donors (Lipinski definition) is 0. The molecule has 0 heterocycles. The molecule has 1 nitrogen and oxygen atoms in total. The van der Waals surface area contributed by atoms with Crippen LogP contribution >= 0.6 is 0 Å². The van der Waals surface area contributed by atoms with Crippen LogP contribution in [0.1, 0.15) is 43.4 Å². The molecule has 0 aromatic heterocycles. The van der Waals surface area contributed by atoms with Gasteiger partial charge in [-0.2, -0.15) is 0 Å².